The highest BCUT2D eigenvalue weighted by atomic mass is 79.9. The molecule has 0 bridgehead atoms. The fraction of sp³-hybridized carbons (Fsp3) is 0.125. The number of rotatable bonds is 2. The van der Waals surface area contributed by atoms with Crippen molar-refractivity contribution in [3.63, 3.8) is 0 Å². The first kappa shape index (κ1) is 11.5. The maximum atomic E-state index is 11.3. The van der Waals surface area contributed by atoms with Gasteiger partial charge in [-0.1, -0.05) is 11.6 Å². The summed E-state index contributed by atoms with van der Waals surface area (Å²) in [6.45, 7) is 0. The molecule has 5 heteroatoms. The Labute approximate surface area is 103 Å². The van der Waals surface area contributed by atoms with E-state index in [-0.39, 0.29) is 11.7 Å². The van der Waals surface area contributed by atoms with Crippen molar-refractivity contribution in [3.05, 3.63) is 31.7 Å². The van der Waals surface area contributed by atoms with E-state index in [1.54, 1.807) is 12.1 Å². The zero-order valence-electron chi connectivity index (χ0n) is 6.28. The molecule has 0 aromatic heterocycles. The molecule has 1 rings (SSSR count). The highest BCUT2D eigenvalue weighted by molar-refractivity contribution is 9.11. The van der Waals surface area contributed by atoms with Crippen LogP contribution in [0.2, 0.25) is 5.02 Å². The Balaban J connectivity index is 3.26. The quantitative estimate of drug-likeness (QED) is 0.443. The van der Waals surface area contributed by atoms with Gasteiger partial charge in [0.1, 0.15) is 0 Å². The van der Waals surface area contributed by atoms with Gasteiger partial charge in [0.2, 0.25) is 0 Å². The smallest absolute Gasteiger partial charge is 0.178 e. The summed E-state index contributed by atoms with van der Waals surface area (Å²) >= 11 is 17.8. The lowest BCUT2D eigenvalue weighted by molar-refractivity contribution is 0.102. The molecular formula is C8H4Br2Cl2O. The Kier molecular flexibility index (Phi) is 4.23. The van der Waals surface area contributed by atoms with Gasteiger partial charge in [0, 0.05) is 14.5 Å². The van der Waals surface area contributed by atoms with Gasteiger partial charge < -0.3 is 0 Å². The van der Waals surface area contributed by atoms with E-state index in [0.717, 1.165) is 4.47 Å². The molecule has 0 unspecified atom stereocenters. The van der Waals surface area contributed by atoms with Gasteiger partial charge in [0.05, 0.1) is 10.9 Å². The van der Waals surface area contributed by atoms with Gasteiger partial charge in [-0.25, -0.2) is 0 Å². The molecule has 0 spiro atoms. The van der Waals surface area contributed by atoms with Crippen LogP contribution in [0.1, 0.15) is 10.4 Å². The molecule has 0 radical (unpaired) electrons. The lowest BCUT2D eigenvalue weighted by Gasteiger charge is -2.04. The van der Waals surface area contributed by atoms with Crippen molar-refractivity contribution < 1.29 is 4.79 Å². The van der Waals surface area contributed by atoms with Crippen LogP contribution in [0.5, 0.6) is 0 Å². The summed E-state index contributed by atoms with van der Waals surface area (Å²) < 4.78 is 1.32. The van der Waals surface area contributed by atoms with Crippen LogP contribution in [0.4, 0.5) is 0 Å². The molecule has 0 aliphatic heterocycles. The van der Waals surface area contributed by atoms with Crippen LogP contribution in [-0.2, 0) is 0 Å². The number of hydrogen-bond acceptors (Lipinski definition) is 1. The zero-order chi connectivity index (χ0) is 10.0. The number of Topliss-reactive ketones (excluding diaryl/α,β-unsaturated/α-hetero) is 1. The number of hydrogen-bond donors (Lipinski definition) is 0. The fourth-order valence-electron chi connectivity index (χ4n) is 0.813. The van der Waals surface area contributed by atoms with Crippen LogP contribution in [0.3, 0.4) is 0 Å². The average Bonchev–Trinajstić information content (AvgIpc) is 2.13. The summed E-state index contributed by atoms with van der Waals surface area (Å²) in [4.78, 5) is 11.3. The third-order valence-corrected chi connectivity index (χ3v) is 4.03. The minimum atomic E-state index is -0.150. The minimum absolute atomic E-state index is 0.0451. The first-order chi connectivity index (χ1) is 6.07. The van der Waals surface area contributed by atoms with Crippen LogP contribution in [0.15, 0.2) is 21.1 Å². The maximum absolute atomic E-state index is 11.3. The van der Waals surface area contributed by atoms with Crippen LogP contribution in [-0.4, -0.2) is 11.7 Å². The summed E-state index contributed by atoms with van der Waals surface area (Å²) in [5.41, 5.74) is 0.503. The van der Waals surface area contributed by atoms with Gasteiger partial charge in [0.15, 0.2) is 5.78 Å². The van der Waals surface area contributed by atoms with E-state index in [0.29, 0.717) is 15.1 Å². The largest absolute Gasteiger partial charge is 0.293 e. The number of benzene rings is 1. The normalized spacial score (nSPS) is 10.2. The van der Waals surface area contributed by atoms with Crippen molar-refractivity contribution in [1.29, 1.82) is 0 Å². The summed E-state index contributed by atoms with van der Waals surface area (Å²) in [5.74, 6) is -0.195. The standard InChI is InChI=1S/C8H4Br2Cl2O/c9-5-2-1-4(6(13)3-11)7(10)8(5)12/h1-2H,3H2. The fourth-order valence-corrected chi connectivity index (χ4v) is 2.29. The summed E-state index contributed by atoms with van der Waals surface area (Å²) in [5, 5.41) is 0.482. The SMILES string of the molecule is O=C(CCl)c1ccc(Br)c(Cl)c1Br. The Bertz CT molecular complexity index is 352. The van der Waals surface area contributed by atoms with Gasteiger partial charge in [-0.2, -0.15) is 0 Å². The summed E-state index contributed by atoms with van der Waals surface area (Å²) in [6, 6.07) is 3.39. The topological polar surface area (TPSA) is 17.1 Å². The molecule has 0 saturated carbocycles. The molecule has 70 valence electrons. The molecular weight excluding hydrogens is 343 g/mol. The lowest BCUT2D eigenvalue weighted by Crippen LogP contribution is -2.01. The third-order valence-electron chi connectivity index (χ3n) is 1.46. The van der Waals surface area contributed by atoms with Gasteiger partial charge in [-0.3, -0.25) is 4.79 Å². The highest BCUT2D eigenvalue weighted by Crippen LogP contribution is 2.33. The first-order valence-corrected chi connectivity index (χ1v) is 5.80. The molecule has 0 aliphatic carbocycles. The molecule has 0 aliphatic rings. The number of ketones is 1. The molecule has 1 aromatic rings. The predicted molar refractivity (Wildman–Crippen MR) is 61.9 cm³/mol. The molecule has 0 amide bonds. The minimum Gasteiger partial charge on any atom is -0.293 e. The number of alkyl halides is 1. The zero-order valence-corrected chi connectivity index (χ0v) is 11.0. The van der Waals surface area contributed by atoms with E-state index in [1.807, 2.05) is 0 Å². The van der Waals surface area contributed by atoms with E-state index < -0.39 is 0 Å². The Morgan fingerprint density at radius 1 is 1.38 bits per heavy atom. The van der Waals surface area contributed by atoms with Gasteiger partial charge >= 0.3 is 0 Å². The second-order valence-corrected chi connectivity index (χ2v) is 4.57. The van der Waals surface area contributed by atoms with Gasteiger partial charge in [-0.15, -0.1) is 11.6 Å². The molecule has 0 fully saturated rings. The number of halogens is 4. The van der Waals surface area contributed by atoms with E-state index in [9.17, 15) is 4.79 Å². The molecule has 0 heterocycles. The first-order valence-electron chi connectivity index (χ1n) is 3.30. The van der Waals surface area contributed by atoms with E-state index >= 15 is 0 Å². The van der Waals surface area contributed by atoms with E-state index in [4.69, 9.17) is 23.2 Å². The molecule has 13 heavy (non-hydrogen) atoms. The van der Waals surface area contributed by atoms with Gasteiger partial charge in [-0.05, 0) is 44.0 Å². The van der Waals surface area contributed by atoms with Crippen LogP contribution in [0, 0.1) is 0 Å². The molecule has 1 nitrogen and oxygen atoms in total. The number of carbonyl (C=O) groups is 1. The monoisotopic (exact) mass is 344 g/mol. The van der Waals surface area contributed by atoms with Crippen molar-refractivity contribution in [2.45, 2.75) is 0 Å². The van der Waals surface area contributed by atoms with E-state index in [1.165, 1.54) is 0 Å². The van der Waals surface area contributed by atoms with Crippen LogP contribution >= 0.6 is 55.1 Å². The van der Waals surface area contributed by atoms with Crippen molar-refractivity contribution in [3.8, 4) is 0 Å². The molecule has 0 atom stereocenters. The summed E-state index contributed by atoms with van der Waals surface area (Å²) in [6.07, 6.45) is 0. The van der Waals surface area contributed by atoms with Crippen molar-refractivity contribution in [2.75, 3.05) is 5.88 Å². The van der Waals surface area contributed by atoms with E-state index in [2.05, 4.69) is 31.9 Å². The van der Waals surface area contributed by atoms with Crippen LogP contribution < -0.4 is 0 Å². The Morgan fingerprint density at radius 2 is 2.00 bits per heavy atom. The second kappa shape index (κ2) is 4.78. The predicted octanol–water partition coefficient (Wildman–Crippen LogP) is 4.29. The molecule has 0 N–H and O–H groups in total. The molecule has 1 aromatic carbocycles. The highest BCUT2D eigenvalue weighted by Gasteiger charge is 2.13. The van der Waals surface area contributed by atoms with Crippen LogP contribution in [0.25, 0.3) is 0 Å². The Morgan fingerprint density at radius 3 is 2.54 bits per heavy atom. The van der Waals surface area contributed by atoms with Crippen molar-refractivity contribution in [2.24, 2.45) is 0 Å². The van der Waals surface area contributed by atoms with Gasteiger partial charge in [0.25, 0.3) is 0 Å². The lowest BCUT2D eigenvalue weighted by atomic mass is 10.1. The maximum Gasteiger partial charge on any atom is 0.178 e. The average molecular weight is 347 g/mol. The third kappa shape index (κ3) is 2.46. The van der Waals surface area contributed by atoms with Crippen molar-refractivity contribution >= 4 is 60.8 Å². The summed E-state index contributed by atoms with van der Waals surface area (Å²) in [7, 11) is 0. The Hall–Kier alpha value is 0.430. The second-order valence-electron chi connectivity index (χ2n) is 2.28. The number of carbonyl (C=O) groups excluding carboxylic acids is 1. The molecule has 0 saturated heterocycles. The van der Waals surface area contributed by atoms with Crippen molar-refractivity contribution in [1.82, 2.24) is 0 Å².